The Kier molecular flexibility index (Phi) is 40.4. The Balaban J connectivity index is 0.000000143. The molecular weight excluding hydrogens is 1590 g/mol. The highest BCUT2D eigenvalue weighted by atomic mass is 16.5. The number of hydrogen-bond donors (Lipinski definition) is 2. The third-order valence-corrected chi connectivity index (χ3v) is 25.9. The summed E-state index contributed by atoms with van der Waals surface area (Å²) >= 11 is 0. The lowest BCUT2D eigenvalue weighted by Crippen LogP contribution is -2.49. The fourth-order valence-corrected chi connectivity index (χ4v) is 18.6. The summed E-state index contributed by atoms with van der Waals surface area (Å²) in [6, 6.07) is 99.7. The number of aryl methyl sites for hydroxylation is 3. The summed E-state index contributed by atoms with van der Waals surface area (Å²) in [6.45, 7) is 21.5. The average Bonchev–Trinajstić information content (AvgIpc) is 0.741. The topological polar surface area (TPSA) is 149 Å². The van der Waals surface area contributed by atoms with Crippen LogP contribution >= 0.6 is 0 Å². The van der Waals surface area contributed by atoms with E-state index in [0.717, 1.165) is 222 Å². The van der Waals surface area contributed by atoms with Crippen molar-refractivity contribution >= 4 is 22.9 Å². The van der Waals surface area contributed by atoms with Crippen molar-refractivity contribution in [3.63, 3.8) is 0 Å². The maximum absolute atomic E-state index is 12.1. The van der Waals surface area contributed by atoms with Gasteiger partial charge in [-0.1, -0.05) is 243 Å². The summed E-state index contributed by atoms with van der Waals surface area (Å²) < 4.78 is 30.0. The molecule has 4 N–H and O–H groups in total. The number of hydrogen-bond acceptors (Lipinski definition) is 14. The van der Waals surface area contributed by atoms with Gasteiger partial charge in [-0.2, -0.15) is 0 Å². The van der Waals surface area contributed by atoms with E-state index in [-0.39, 0.29) is 11.2 Å². The Morgan fingerprint density at radius 2 is 0.543 bits per heavy atom. The van der Waals surface area contributed by atoms with Gasteiger partial charge in [-0.05, 0) is 295 Å². The van der Waals surface area contributed by atoms with Crippen LogP contribution < -0.4 is 35.2 Å². The van der Waals surface area contributed by atoms with Gasteiger partial charge in [0, 0.05) is 101 Å². The van der Waals surface area contributed by atoms with Gasteiger partial charge in [0.1, 0.15) is 65.1 Å². The number of anilines is 2. The van der Waals surface area contributed by atoms with Gasteiger partial charge in [0.05, 0.1) is 0 Å². The molecule has 0 atom stereocenters. The minimum atomic E-state index is 0.170. The van der Waals surface area contributed by atoms with Gasteiger partial charge in [-0.15, -0.1) is 0 Å². The lowest BCUT2D eigenvalue weighted by atomic mass is 9.48. The van der Waals surface area contributed by atoms with Crippen LogP contribution in [0.15, 0.2) is 297 Å². The zero-order valence-corrected chi connectivity index (χ0v) is 79.0. The summed E-state index contributed by atoms with van der Waals surface area (Å²) in [5, 5.41) is 0. The highest BCUT2D eigenvalue weighted by Gasteiger charge is 2.53. The summed E-state index contributed by atoms with van der Waals surface area (Å²) in [5.74, 6) is 8.42. The third-order valence-electron chi connectivity index (χ3n) is 25.9. The van der Waals surface area contributed by atoms with Crippen LogP contribution in [0, 0.1) is 43.9 Å². The Morgan fingerprint density at radius 1 is 0.287 bits per heavy atom. The van der Waals surface area contributed by atoms with E-state index in [1.165, 1.54) is 66.3 Å². The van der Waals surface area contributed by atoms with Crippen LogP contribution in [-0.4, -0.2) is 167 Å². The molecule has 0 unspecified atom stereocenters. The molecule has 4 bridgehead atoms. The van der Waals surface area contributed by atoms with Gasteiger partial charge in [0.15, 0.2) is 5.78 Å². The predicted molar refractivity (Wildman–Crippen MR) is 537 cm³/mol. The van der Waals surface area contributed by atoms with E-state index in [1.54, 1.807) is 0 Å². The maximum Gasteiger partial charge on any atom is 0.162 e. The molecule has 129 heavy (non-hydrogen) atoms. The number of ketones is 2. The van der Waals surface area contributed by atoms with E-state index in [2.05, 4.69) is 202 Å². The molecule has 9 fully saturated rings. The fraction of sp³-hybridized carbons (Fsp3) is 0.409. The smallest absolute Gasteiger partial charge is 0.162 e. The molecule has 14 heteroatoms. The van der Waals surface area contributed by atoms with Crippen molar-refractivity contribution in [2.45, 2.75) is 181 Å². The van der Waals surface area contributed by atoms with Crippen LogP contribution in [-0.2, 0) is 4.79 Å². The van der Waals surface area contributed by atoms with Crippen molar-refractivity contribution in [1.29, 1.82) is 0 Å². The number of Topliss-reactive ketones (excluding diaryl/α,β-unsaturated/α-hetero) is 2. The first-order valence-electron chi connectivity index (χ1n) is 47.8. The Morgan fingerprint density at radius 3 is 0.845 bits per heavy atom. The van der Waals surface area contributed by atoms with Crippen molar-refractivity contribution < 1.29 is 33.3 Å². The molecule has 684 valence electrons. The second-order valence-electron chi connectivity index (χ2n) is 36.8. The molecule has 0 amide bonds. The summed E-state index contributed by atoms with van der Waals surface area (Å²) in [4.78, 5) is 34.8. The Bertz CT molecular complexity index is 4820. The molecule has 0 aromatic heterocycles. The van der Waals surface area contributed by atoms with Crippen molar-refractivity contribution in [1.82, 2.24) is 24.5 Å². The number of carbonyl (C=O) groups excluding carboxylic acids is 2. The molecule has 0 spiro atoms. The molecule has 14 nitrogen and oxygen atoms in total. The zero-order chi connectivity index (χ0) is 91.0. The van der Waals surface area contributed by atoms with Crippen LogP contribution in [0.1, 0.15) is 156 Å². The van der Waals surface area contributed by atoms with E-state index >= 15 is 0 Å². The monoisotopic (exact) mass is 1740 g/mol. The molecular formula is C115H147N7O7. The SMILES string of the molecule is CCC(=O)C12CC3CC(CC(C3)C1)C2.CCC(=O)c1ccccc1.CN1CCC(Oc2ccc(-c3cccc(N)c3)cc2)CC1.CN1CCC(Oc2cccc(-c3cccc(N)c3)c2)CC1.CN1CCC(Oc2ccccc2)CC1.CN1CCC(Oc2ccccc2)CC1.Cc1ccc(-c2ccc(OC3CCN(C)CC3)cc2)cc1.Cc1ccccc1.Cc1ccccc1. The van der Waals surface area contributed by atoms with E-state index in [1.807, 2.05) is 190 Å². The lowest BCUT2D eigenvalue weighted by Gasteiger charge is -2.56. The number of nitrogens with zero attached hydrogens (tertiary/aromatic N) is 5. The third kappa shape index (κ3) is 34.5. The van der Waals surface area contributed by atoms with Gasteiger partial charge >= 0.3 is 0 Å². The minimum Gasteiger partial charge on any atom is -0.490 e. The molecule has 11 aromatic carbocycles. The lowest BCUT2D eigenvalue weighted by molar-refractivity contribution is -0.143. The normalized spacial score (nSPS) is 19.5. The fourth-order valence-electron chi connectivity index (χ4n) is 18.6. The van der Waals surface area contributed by atoms with E-state index in [9.17, 15) is 9.59 Å². The molecule has 11 aromatic rings. The Labute approximate surface area is 773 Å². The summed E-state index contributed by atoms with van der Waals surface area (Å²) in [6.07, 6.45) is 22.5. The molecule has 5 aliphatic heterocycles. The molecule has 4 saturated carbocycles. The van der Waals surface area contributed by atoms with Crippen LogP contribution in [0.25, 0.3) is 33.4 Å². The van der Waals surface area contributed by atoms with Crippen LogP contribution in [0.3, 0.4) is 0 Å². The number of para-hydroxylation sites is 2. The van der Waals surface area contributed by atoms with Crippen LogP contribution in [0.4, 0.5) is 11.4 Å². The van der Waals surface area contributed by atoms with E-state index < -0.39 is 0 Å². The second-order valence-corrected chi connectivity index (χ2v) is 36.8. The number of benzene rings is 11. The zero-order valence-electron chi connectivity index (χ0n) is 79.0. The van der Waals surface area contributed by atoms with Crippen LogP contribution in [0.5, 0.6) is 28.7 Å². The first kappa shape index (κ1) is 98.7. The highest BCUT2D eigenvalue weighted by Crippen LogP contribution is 2.60. The van der Waals surface area contributed by atoms with Crippen molar-refractivity contribution in [2.24, 2.45) is 23.2 Å². The summed E-state index contributed by atoms with van der Waals surface area (Å²) in [7, 11) is 10.8. The number of ether oxygens (including phenoxy) is 5. The Hall–Kier alpha value is -10.8. The largest absolute Gasteiger partial charge is 0.490 e. The molecule has 4 aliphatic carbocycles. The maximum atomic E-state index is 12.1. The van der Waals surface area contributed by atoms with Gasteiger partial charge in [0.2, 0.25) is 0 Å². The molecule has 5 saturated heterocycles. The van der Waals surface area contributed by atoms with Gasteiger partial charge < -0.3 is 59.7 Å². The number of nitrogen functional groups attached to an aromatic ring is 2. The molecule has 0 radical (unpaired) electrons. The van der Waals surface area contributed by atoms with Gasteiger partial charge in [0.25, 0.3) is 0 Å². The first-order chi connectivity index (χ1) is 62.6. The van der Waals surface area contributed by atoms with Crippen molar-refractivity contribution in [3.05, 3.63) is 320 Å². The molecule has 20 rings (SSSR count). The second kappa shape index (κ2) is 52.7. The summed E-state index contributed by atoms with van der Waals surface area (Å²) in [5.41, 5.74) is 25.3. The highest BCUT2D eigenvalue weighted by molar-refractivity contribution is 5.95. The number of piperidine rings is 5. The number of nitrogens with two attached hydrogens (primary N) is 2. The first-order valence-corrected chi connectivity index (χ1v) is 47.8. The van der Waals surface area contributed by atoms with Gasteiger partial charge in [-0.3, -0.25) is 9.59 Å². The standard InChI is InChI=1S/C19H23NO.2C18H22N2O.C13H20O.2C12H17NO.C9H10O.2C7H8/c1-15-3-5-16(6-4-15)17-7-9-18(10-8-17)21-19-11-13-20(2)14-12-19;1-20-10-8-17(9-11-20)21-18-7-3-5-15(13-18)14-4-2-6-16(19)12-14;1-20-11-9-18(10-12-20)21-17-7-5-14(6-8-17)15-3-2-4-16(19)13-15;1-2-12(14)13-6-9-3-10(7-13)5-11(4-9)8-13;2*1-13-9-7-12(8-10-13)14-11-5-3-2-4-6-11;1-2-9(10)8-6-4-3-5-7-8;2*1-7-5-3-2-4-6-7/h3-10,19H,11-14H2,1-2H3;2-7,12-13,17H,8-11,19H2,1H3;2-8,13,18H,9-12,19H2,1H3;9-11H,2-8H2,1H3;2*2-6,12H,7-10H2,1H3;3-7H,2H2,1H3;2*2-6H,1H3. The van der Waals surface area contributed by atoms with Crippen LogP contribution in [0.2, 0.25) is 0 Å². The molecule has 9 aliphatic rings. The number of likely N-dealkylation sites (tertiary alicyclic amines) is 5. The minimum absolute atomic E-state index is 0.170. The number of carbonyl (C=O) groups is 2. The van der Waals surface area contributed by atoms with Gasteiger partial charge in [-0.25, -0.2) is 0 Å². The predicted octanol–water partition coefficient (Wildman–Crippen LogP) is 24.7. The van der Waals surface area contributed by atoms with E-state index in [0.29, 0.717) is 42.7 Å². The van der Waals surface area contributed by atoms with E-state index in [4.69, 9.17) is 35.2 Å². The van der Waals surface area contributed by atoms with Crippen molar-refractivity contribution in [3.8, 4) is 62.1 Å². The number of rotatable bonds is 17. The average molecular weight is 1740 g/mol. The van der Waals surface area contributed by atoms with Crippen molar-refractivity contribution in [2.75, 3.05) is 112 Å². The molecule has 5 heterocycles. The quantitative estimate of drug-likeness (QED) is 0.0658.